The number of hydrogen-bond acceptors (Lipinski definition) is 5. The van der Waals surface area contributed by atoms with Gasteiger partial charge in [-0.25, -0.2) is 4.68 Å². The fourth-order valence-corrected chi connectivity index (χ4v) is 2.29. The second-order valence-electron chi connectivity index (χ2n) is 7.21. The standard InChI is InChI=1S/C18H29ClN4O3/c1-10(2)15(20-17(24)11(3)4)9-23-18(25)14(8-16(19)21-23)13(7)22-26-12(5)6/h8,10-12,15H,9H2,1-7H3,(H,20,24)/b22-13+/t15-/m1/s1. The summed E-state index contributed by atoms with van der Waals surface area (Å²) in [6, 6.07) is 1.23. The van der Waals surface area contributed by atoms with Gasteiger partial charge in [-0.15, -0.1) is 0 Å². The van der Waals surface area contributed by atoms with Gasteiger partial charge in [-0.1, -0.05) is 44.5 Å². The van der Waals surface area contributed by atoms with Crippen LogP contribution in [0.1, 0.15) is 54.0 Å². The second-order valence-corrected chi connectivity index (χ2v) is 7.60. The lowest BCUT2D eigenvalue weighted by atomic mass is 10.0. The summed E-state index contributed by atoms with van der Waals surface area (Å²) in [7, 11) is 0. The maximum atomic E-state index is 12.8. The summed E-state index contributed by atoms with van der Waals surface area (Å²) in [4.78, 5) is 30.0. The Morgan fingerprint density at radius 1 is 1.31 bits per heavy atom. The second kappa shape index (κ2) is 9.71. The molecular formula is C18H29ClN4O3. The Labute approximate surface area is 159 Å². The third-order valence-corrected chi connectivity index (χ3v) is 3.95. The molecular weight excluding hydrogens is 356 g/mol. The Bertz CT molecular complexity index is 711. The molecule has 146 valence electrons. The molecule has 1 amide bonds. The molecule has 26 heavy (non-hydrogen) atoms. The van der Waals surface area contributed by atoms with Crippen molar-refractivity contribution in [1.29, 1.82) is 0 Å². The Balaban J connectivity index is 3.18. The molecule has 0 fully saturated rings. The minimum atomic E-state index is -0.326. The Kier molecular flexibility index (Phi) is 8.27. The first-order chi connectivity index (χ1) is 12.0. The molecule has 0 saturated heterocycles. The summed E-state index contributed by atoms with van der Waals surface area (Å²) in [5.74, 6) is -0.0895. The molecule has 0 aliphatic carbocycles. The number of carbonyl (C=O) groups excluding carboxylic acids is 1. The fraction of sp³-hybridized carbons (Fsp3) is 0.667. The smallest absolute Gasteiger partial charge is 0.276 e. The lowest BCUT2D eigenvalue weighted by molar-refractivity contribution is -0.125. The van der Waals surface area contributed by atoms with Gasteiger partial charge in [0, 0.05) is 5.92 Å². The zero-order chi connectivity index (χ0) is 20.0. The van der Waals surface area contributed by atoms with Crippen molar-refractivity contribution < 1.29 is 9.63 Å². The van der Waals surface area contributed by atoms with E-state index in [9.17, 15) is 9.59 Å². The van der Waals surface area contributed by atoms with Crippen LogP contribution in [0.2, 0.25) is 5.15 Å². The van der Waals surface area contributed by atoms with E-state index in [1.165, 1.54) is 10.7 Å². The van der Waals surface area contributed by atoms with Crippen molar-refractivity contribution in [2.24, 2.45) is 17.0 Å². The summed E-state index contributed by atoms with van der Waals surface area (Å²) in [6.07, 6.45) is -0.0962. The third-order valence-electron chi connectivity index (χ3n) is 3.76. The van der Waals surface area contributed by atoms with Crippen molar-refractivity contribution >= 4 is 23.2 Å². The van der Waals surface area contributed by atoms with Crippen molar-refractivity contribution in [2.75, 3.05) is 0 Å². The first-order valence-electron chi connectivity index (χ1n) is 8.81. The Hall–Kier alpha value is -1.89. The molecule has 0 aliphatic heterocycles. The molecule has 1 aromatic rings. The van der Waals surface area contributed by atoms with Gasteiger partial charge in [0.1, 0.15) is 6.10 Å². The average Bonchev–Trinajstić information content (AvgIpc) is 2.54. The highest BCUT2D eigenvalue weighted by Gasteiger charge is 2.21. The van der Waals surface area contributed by atoms with Crippen molar-refractivity contribution in [3.63, 3.8) is 0 Å². The van der Waals surface area contributed by atoms with Crippen molar-refractivity contribution in [3.05, 3.63) is 27.1 Å². The van der Waals surface area contributed by atoms with E-state index in [1.807, 2.05) is 41.5 Å². The van der Waals surface area contributed by atoms with Crippen molar-refractivity contribution in [2.45, 2.75) is 67.2 Å². The summed E-state index contributed by atoms with van der Waals surface area (Å²) in [5, 5.41) is 11.2. The first-order valence-corrected chi connectivity index (χ1v) is 9.19. The lowest BCUT2D eigenvalue weighted by Gasteiger charge is -2.24. The van der Waals surface area contributed by atoms with Crippen LogP contribution in [-0.4, -0.2) is 33.5 Å². The van der Waals surface area contributed by atoms with Crippen LogP contribution in [-0.2, 0) is 16.2 Å². The molecule has 1 rings (SSSR count). The SMILES string of the molecule is C/C(=N\OC(C)C)c1cc(Cl)nn(C[C@@H](NC(=O)C(C)C)C(C)C)c1=O. The van der Waals surface area contributed by atoms with Gasteiger partial charge in [0.25, 0.3) is 5.56 Å². The normalized spacial score (nSPS) is 13.4. The molecule has 1 atom stereocenters. The number of oxime groups is 1. The zero-order valence-corrected chi connectivity index (χ0v) is 17.3. The molecule has 0 spiro atoms. The largest absolute Gasteiger partial charge is 0.393 e. The molecule has 0 aliphatic rings. The highest BCUT2D eigenvalue weighted by molar-refractivity contribution is 6.29. The predicted octanol–water partition coefficient (Wildman–Crippen LogP) is 2.84. The zero-order valence-electron chi connectivity index (χ0n) is 16.5. The topological polar surface area (TPSA) is 85.6 Å². The summed E-state index contributed by atoms with van der Waals surface area (Å²) in [5.41, 5.74) is 0.421. The molecule has 0 radical (unpaired) electrons. The summed E-state index contributed by atoms with van der Waals surface area (Å²) in [6.45, 7) is 13.2. The van der Waals surface area contributed by atoms with Gasteiger partial charge < -0.3 is 10.2 Å². The quantitative estimate of drug-likeness (QED) is 0.551. The van der Waals surface area contributed by atoms with Crippen LogP contribution in [0.5, 0.6) is 0 Å². The molecule has 8 heteroatoms. The number of halogens is 1. The molecule has 7 nitrogen and oxygen atoms in total. The van der Waals surface area contributed by atoms with Crippen LogP contribution >= 0.6 is 11.6 Å². The molecule has 0 saturated carbocycles. The van der Waals surface area contributed by atoms with Gasteiger partial charge >= 0.3 is 0 Å². The maximum absolute atomic E-state index is 12.8. The van der Waals surface area contributed by atoms with Gasteiger partial charge in [0.05, 0.1) is 23.9 Å². The van der Waals surface area contributed by atoms with E-state index in [1.54, 1.807) is 6.92 Å². The van der Waals surface area contributed by atoms with Crippen LogP contribution in [0.4, 0.5) is 0 Å². The number of amides is 1. The highest BCUT2D eigenvalue weighted by atomic mass is 35.5. The molecule has 1 N–H and O–H groups in total. The van der Waals surface area contributed by atoms with Crippen molar-refractivity contribution in [3.8, 4) is 0 Å². The highest BCUT2D eigenvalue weighted by Crippen LogP contribution is 2.09. The van der Waals surface area contributed by atoms with E-state index < -0.39 is 0 Å². The summed E-state index contributed by atoms with van der Waals surface area (Å²) < 4.78 is 1.28. The van der Waals surface area contributed by atoms with E-state index in [-0.39, 0.29) is 47.1 Å². The predicted molar refractivity (Wildman–Crippen MR) is 104 cm³/mol. The van der Waals surface area contributed by atoms with Gasteiger partial charge in [-0.05, 0) is 32.8 Å². The van der Waals surface area contributed by atoms with Crippen LogP contribution < -0.4 is 10.9 Å². The molecule has 0 unspecified atom stereocenters. The van der Waals surface area contributed by atoms with E-state index in [2.05, 4.69) is 15.6 Å². The number of rotatable bonds is 8. The summed E-state index contributed by atoms with van der Waals surface area (Å²) >= 11 is 6.09. The van der Waals surface area contributed by atoms with Crippen LogP contribution in [0, 0.1) is 11.8 Å². The number of hydrogen-bond donors (Lipinski definition) is 1. The Morgan fingerprint density at radius 3 is 2.42 bits per heavy atom. The van der Waals surface area contributed by atoms with Crippen LogP contribution in [0.3, 0.4) is 0 Å². The average molecular weight is 385 g/mol. The van der Waals surface area contributed by atoms with Gasteiger partial charge in [-0.2, -0.15) is 5.10 Å². The van der Waals surface area contributed by atoms with Gasteiger partial charge in [0.2, 0.25) is 5.91 Å². The molecule has 1 aromatic heterocycles. The monoisotopic (exact) mass is 384 g/mol. The van der Waals surface area contributed by atoms with E-state index >= 15 is 0 Å². The lowest BCUT2D eigenvalue weighted by Crippen LogP contribution is -2.45. The molecule has 0 bridgehead atoms. The minimum absolute atomic E-state index is 0.0675. The number of carbonyl (C=O) groups is 1. The maximum Gasteiger partial charge on any atom is 0.276 e. The first kappa shape index (κ1) is 22.2. The fourth-order valence-electron chi connectivity index (χ4n) is 2.08. The minimum Gasteiger partial charge on any atom is -0.393 e. The van der Waals surface area contributed by atoms with Gasteiger partial charge in [-0.3, -0.25) is 9.59 Å². The van der Waals surface area contributed by atoms with E-state index in [0.717, 1.165) is 0 Å². The van der Waals surface area contributed by atoms with Crippen LogP contribution in [0.25, 0.3) is 0 Å². The Morgan fingerprint density at radius 2 is 1.92 bits per heavy atom. The number of nitrogens with zero attached hydrogens (tertiary/aromatic N) is 3. The van der Waals surface area contributed by atoms with Crippen LogP contribution in [0.15, 0.2) is 16.0 Å². The molecule has 1 heterocycles. The number of nitrogens with one attached hydrogen (secondary N) is 1. The molecule has 0 aromatic carbocycles. The number of aromatic nitrogens is 2. The van der Waals surface area contributed by atoms with E-state index in [0.29, 0.717) is 11.3 Å². The van der Waals surface area contributed by atoms with Crippen molar-refractivity contribution in [1.82, 2.24) is 15.1 Å². The van der Waals surface area contributed by atoms with Gasteiger partial charge in [0.15, 0.2) is 5.15 Å². The van der Waals surface area contributed by atoms with E-state index in [4.69, 9.17) is 16.4 Å². The third kappa shape index (κ3) is 6.44.